The van der Waals surface area contributed by atoms with E-state index >= 15 is 0 Å². The second-order valence-electron chi connectivity index (χ2n) is 7.69. The molecule has 160 valence electrons. The second kappa shape index (κ2) is 9.55. The molecule has 4 rings (SSSR count). The van der Waals surface area contributed by atoms with Crippen LogP contribution in [0.15, 0.2) is 60.7 Å². The van der Waals surface area contributed by atoms with Crippen molar-refractivity contribution in [3.05, 3.63) is 89.0 Å². The molecular formula is C24H25FN4O2. The maximum atomic E-state index is 13.5. The maximum Gasteiger partial charge on any atom is 0.272 e. The van der Waals surface area contributed by atoms with Crippen molar-refractivity contribution in [2.24, 2.45) is 0 Å². The Kier molecular flexibility index (Phi) is 6.40. The lowest BCUT2D eigenvalue weighted by atomic mass is 10.1. The van der Waals surface area contributed by atoms with Crippen LogP contribution in [0.1, 0.15) is 44.9 Å². The molecule has 0 aliphatic carbocycles. The molecule has 2 amide bonds. The van der Waals surface area contributed by atoms with Gasteiger partial charge < -0.3 is 10.2 Å². The summed E-state index contributed by atoms with van der Waals surface area (Å²) in [4.78, 5) is 27.2. The number of halogens is 1. The van der Waals surface area contributed by atoms with Gasteiger partial charge in [0.15, 0.2) is 5.69 Å². The van der Waals surface area contributed by atoms with Crippen molar-refractivity contribution in [3.63, 3.8) is 0 Å². The molecular weight excluding hydrogens is 395 g/mol. The van der Waals surface area contributed by atoms with E-state index in [4.69, 9.17) is 0 Å². The van der Waals surface area contributed by atoms with Gasteiger partial charge in [0.2, 0.25) is 0 Å². The van der Waals surface area contributed by atoms with Crippen LogP contribution in [0.4, 0.5) is 4.39 Å². The number of benzene rings is 2. The fraction of sp³-hybridized carbons (Fsp3) is 0.292. The third kappa shape index (κ3) is 5.17. The third-order valence-electron chi connectivity index (χ3n) is 5.35. The fourth-order valence-electron chi connectivity index (χ4n) is 3.78. The highest BCUT2D eigenvalue weighted by Crippen LogP contribution is 2.17. The van der Waals surface area contributed by atoms with Crippen LogP contribution in [0.5, 0.6) is 0 Å². The van der Waals surface area contributed by atoms with Crippen LogP contribution in [0.2, 0.25) is 0 Å². The van der Waals surface area contributed by atoms with Crippen molar-refractivity contribution in [1.29, 1.82) is 0 Å². The lowest BCUT2D eigenvalue weighted by Gasteiger charge is -2.20. The molecule has 0 unspecified atom stereocenters. The van der Waals surface area contributed by atoms with Gasteiger partial charge in [-0.1, -0.05) is 42.5 Å². The first-order valence-electron chi connectivity index (χ1n) is 10.5. The molecule has 0 spiro atoms. The predicted molar refractivity (Wildman–Crippen MR) is 115 cm³/mol. The van der Waals surface area contributed by atoms with Crippen molar-refractivity contribution in [3.8, 4) is 0 Å². The molecule has 0 saturated heterocycles. The Hall–Kier alpha value is -3.48. The Bertz CT molecular complexity index is 1060. The molecule has 1 aliphatic rings. The molecule has 1 N–H and O–H groups in total. The highest BCUT2D eigenvalue weighted by Gasteiger charge is 2.26. The minimum absolute atomic E-state index is 0.197. The number of hydrogen-bond acceptors (Lipinski definition) is 3. The zero-order valence-electron chi connectivity index (χ0n) is 17.3. The lowest BCUT2D eigenvalue weighted by molar-refractivity contribution is 0.0745. The smallest absolute Gasteiger partial charge is 0.272 e. The standard InChI is InChI=1S/C24H25FN4O2/c25-20-11-4-9-19(15-20)17-28-13-6-14-29-22(24(28)31)16-21(27-29)23(30)26-12-5-10-18-7-2-1-3-8-18/h1-4,7-9,11,15-16H,5-6,10,12-14,17H2,(H,26,30). The van der Waals surface area contributed by atoms with Crippen LogP contribution in [0, 0.1) is 5.82 Å². The van der Waals surface area contributed by atoms with Gasteiger partial charge in [-0.2, -0.15) is 5.10 Å². The summed E-state index contributed by atoms with van der Waals surface area (Å²) in [7, 11) is 0. The number of rotatable bonds is 7. The normalized spacial score (nSPS) is 13.6. The summed E-state index contributed by atoms with van der Waals surface area (Å²) < 4.78 is 15.1. The van der Waals surface area contributed by atoms with Crippen LogP contribution < -0.4 is 5.32 Å². The van der Waals surface area contributed by atoms with Crippen molar-refractivity contribution >= 4 is 11.8 Å². The van der Waals surface area contributed by atoms with E-state index in [2.05, 4.69) is 22.5 Å². The van der Waals surface area contributed by atoms with Crippen molar-refractivity contribution < 1.29 is 14.0 Å². The van der Waals surface area contributed by atoms with Crippen molar-refractivity contribution in [1.82, 2.24) is 20.0 Å². The number of carbonyl (C=O) groups is 2. The van der Waals surface area contributed by atoms with Crippen LogP contribution in [-0.4, -0.2) is 39.6 Å². The first kappa shape index (κ1) is 20.8. The number of hydrogen-bond donors (Lipinski definition) is 1. The van der Waals surface area contributed by atoms with Gasteiger partial charge in [-0.05, 0) is 42.5 Å². The van der Waals surface area contributed by atoms with E-state index in [1.807, 2.05) is 18.2 Å². The summed E-state index contributed by atoms with van der Waals surface area (Å²) in [6.07, 6.45) is 2.42. The van der Waals surface area contributed by atoms with Crippen molar-refractivity contribution in [2.45, 2.75) is 32.4 Å². The number of fused-ring (bicyclic) bond motifs is 1. The number of aromatic nitrogens is 2. The number of nitrogens with one attached hydrogen (secondary N) is 1. The summed E-state index contributed by atoms with van der Waals surface area (Å²) in [5.74, 6) is -0.800. The number of amides is 2. The molecule has 2 heterocycles. The van der Waals surface area contributed by atoms with Gasteiger partial charge in [0.25, 0.3) is 11.8 Å². The van der Waals surface area contributed by atoms with E-state index < -0.39 is 0 Å². The first-order valence-corrected chi connectivity index (χ1v) is 10.5. The largest absolute Gasteiger partial charge is 0.351 e. The molecule has 1 aromatic heterocycles. The molecule has 0 atom stereocenters. The fourth-order valence-corrected chi connectivity index (χ4v) is 3.78. The van der Waals surface area contributed by atoms with Crippen LogP contribution in [-0.2, 0) is 19.5 Å². The highest BCUT2D eigenvalue weighted by molar-refractivity contribution is 5.98. The van der Waals surface area contributed by atoms with E-state index in [-0.39, 0.29) is 23.3 Å². The molecule has 7 heteroatoms. The van der Waals surface area contributed by atoms with Gasteiger partial charge in [0, 0.05) is 32.2 Å². The van der Waals surface area contributed by atoms with Gasteiger partial charge in [-0.15, -0.1) is 0 Å². The van der Waals surface area contributed by atoms with Gasteiger partial charge in [0.1, 0.15) is 11.5 Å². The van der Waals surface area contributed by atoms with E-state index in [1.54, 1.807) is 27.8 Å². The van der Waals surface area contributed by atoms with Crippen LogP contribution >= 0.6 is 0 Å². The Morgan fingerprint density at radius 2 is 1.84 bits per heavy atom. The van der Waals surface area contributed by atoms with Gasteiger partial charge in [-0.3, -0.25) is 14.3 Å². The quantitative estimate of drug-likeness (QED) is 0.596. The summed E-state index contributed by atoms with van der Waals surface area (Å²) >= 11 is 0. The minimum Gasteiger partial charge on any atom is -0.351 e. The summed E-state index contributed by atoms with van der Waals surface area (Å²) in [5, 5.41) is 7.24. The lowest BCUT2D eigenvalue weighted by Crippen LogP contribution is -2.30. The van der Waals surface area contributed by atoms with Gasteiger partial charge >= 0.3 is 0 Å². The Labute approximate surface area is 180 Å². The maximum absolute atomic E-state index is 13.5. The first-order chi connectivity index (χ1) is 15.1. The van der Waals surface area contributed by atoms with E-state index in [0.29, 0.717) is 38.3 Å². The molecule has 3 aromatic rings. The number of carbonyl (C=O) groups excluding carboxylic acids is 2. The monoisotopic (exact) mass is 420 g/mol. The molecule has 0 saturated carbocycles. The van der Waals surface area contributed by atoms with Gasteiger partial charge in [-0.25, -0.2) is 4.39 Å². The zero-order valence-corrected chi connectivity index (χ0v) is 17.3. The van der Waals surface area contributed by atoms with Crippen LogP contribution in [0.3, 0.4) is 0 Å². The topological polar surface area (TPSA) is 67.2 Å². The number of nitrogens with zero attached hydrogens (tertiary/aromatic N) is 3. The number of aryl methyl sites for hydroxylation is 2. The molecule has 6 nitrogen and oxygen atoms in total. The average molecular weight is 420 g/mol. The predicted octanol–water partition coefficient (Wildman–Crippen LogP) is 3.43. The Balaban J connectivity index is 1.37. The molecule has 1 aliphatic heterocycles. The summed E-state index contributed by atoms with van der Waals surface area (Å²) in [5.41, 5.74) is 2.60. The van der Waals surface area contributed by atoms with Crippen molar-refractivity contribution in [2.75, 3.05) is 13.1 Å². The molecule has 31 heavy (non-hydrogen) atoms. The van der Waals surface area contributed by atoms with Crippen LogP contribution in [0.25, 0.3) is 0 Å². The second-order valence-corrected chi connectivity index (χ2v) is 7.69. The van der Waals surface area contributed by atoms with E-state index in [1.165, 1.54) is 17.7 Å². The van der Waals surface area contributed by atoms with Gasteiger partial charge in [0.05, 0.1) is 0 Å². The molecule has 0 radical (unpaired) electrons. The molecule has 0 fully saturated rings. The zero-order chi connectivity index (χ0) is 21.6. The minimum atomic E-state index is -0.323. The Morgan fingerprint density at radius 3 is 2.65 bits per heavy atom. The van der Waals surface area contributed by atoms with E-state index in [9.17, 15) is 14.0 Å². The highest BCUT2D eigenvalue weighted by atomic mass is 19.1. The SMILES string of the molecule is O=C(NCCCc1ccccc1)c1cc2n(n1)CCCN(Cc1cccc(F)c1)C2=O. The Morgan fingerprint density at radius 1 is 1.03 bits per heavy atom. The molecule has 2 aromatic carbocycles. The summed E-state index contributed by atoms with van der Waals surface area (Å²) in [6, 6.07) is 17.9. The average Bonchev–Trinajstić information content (AvgIpc) is 3.15. The van der Waals surface area contributed by atoms with E-state index in [0.717, 1.165) is 18.4 Å². The molecule has 0 bridgehead atoms. The third-order valence-corrected chi connectivity index (χ3v) is 5.35. The summed E-state index contributed by atoms with van der Waals surface area (Å²) in [6.45, 7) is 1.97.